The van der Waals surface area contributed by atoms with Gasteiger partial charge in [0.15, 0.2) is 0 Å². The molecule has 1 atom stereocenters. The molecule has 0 aromatic heterocycles. The maximum absolute atomic E-state index is 14.1. The number of aliphatic hydroxyl groups is 1. The summed E-state index contributed by atoms with van der Waals surface area (Å²) < 4.78 is 34.0. The molecular weight excluding hydrogens is 280 g/mol. The molecule has 120 valence electrons. The molecule has 1 aliphatic heterocycles. The second kappa shape index (κ2) is 5.16. The predicted molar refractivity (Wildman–Crippen MR) is 72.1 cm³/mol. The van der Waals surface area contributed by atoms with Crippen molar-refractivity contribution in [1.82, 2.24) is 5.32 Å². The number of halogens is 2. The van der Waals surface area contributed by atoms with Crippen LogP contribution in [0.25, 0.3) is 0 Å². The summed E-state index contributed by atoms with van der Waals surface area (Å²) in [5.41, 5.74) is -2.37. The first-order valence-corrected chi connectivity index (χ1v) is 7.92. The van der Waals surface area contributed by atoms with E-state index in [1.165, 1.54) is 0 Å². The Morgan fingerprint density at radius 3 is 2.43 bits per heavy atom. The number of amides is 1. The molecule has 1 spiro atoms. The van der Waals surface area contributed by atoms with Gasteiger partial charge in [-0.15, -0.1) is 0 Å². The van der Waals surface area contributed by atoms with Crippen LogP contribution in [0.1, 0.15) is 57.8 Å². The van der Waals surface area contributed by atoms with E-state index in [-0.39, 0.29) is 24.5 Å². The quantitative estimate of drug-likeness (QED) is 0.840. The second-order valence-corrected chi connectivity index (χ2v) is 6.86. The molecular formula is C15H23F2NO3. The topological polar surface area (TPSA) is 58.6 Å². The number of hydrogen-bond donors (Lipinski definition) is 2. The fraction of sp³-hybridized carbons (Fsp3) is 0.933. The highest BCUT2D eigenvalue weighted by atomic mass is 19.3. The van der Waals surface area contributed by atoms with Crippen LogP contribution < -0.4 is 5.32 Å². The van der Waals surface area contributed by atoms with E-state index < -0.39 is 17.4 Å². The lowest BCUT2D eigenvalue weighted by Crippen LogP contribution is -2.62. The molecule has 0 aromatic carbocycles. The average molecular weight is 303 g/mol. The molecule has 2 N–H and O–H groups in total. The van der Waals surface area contributed by atoms with Gasteiger partial charge in [-0.25, -0.2) is 0 Å². The van der Waals surface area contributed by atoms with Crippen molar-refractivity contribution in [3.8, 4) is 0 Å². The second-order valence-electron chi connectivity index (χ2n) is 6.86. The number of ether oxygens (including phenoxy) is 1. The lowest BCUT2D eigenvalue weighted by atomic mass is 9.75. The largest absolute Gasteiger partial charge is 0.383 e. The van der Waals surface area contributed by atoms with E-state index in [0.717, 1.165) is 25.7 Å². The van der Waals surface area contributed by atoms with E-state index in [1.54, 1.807) is 0 Å². The van der Waals surface area contributed by atoms with Crippen molar-refractivity contribution in [2.24, 2.45) is 0 Å². The molecule has 2 aliphatic carbocycles. The molecule has 3 rings (SSSR count). The number of alkyl halides is 2. The van der Waals surface area contributed by atoms with Crippen LogP contribution in [-0.2, 0) is 9.53 Å². The van der Waals surface area contributed by atoms with Gasteiger partial charge in [0.2, 0.25) is 0 Å². The summed E-state index contributed by atoms with van der Waals surface area (Å²) in [6, 6.07) is -0.279. The van der Waals surface area contributed by atoms with Crippen molar-refractivity contribution in [1.29, 1.82) is 0 Å². The molecule has 1 amide bonds. The Balaban J connectivity index is 1.62. The number of nitrogens with one attached hydrogen (secondary N) is 1. The van der Waals surface area contributed by atoms with Gasteiger partial charge in [-0.05, 0) is 44.9 Å². The minimum atomic E-state index is -3.70. The number of rotatable bonds is 3. The number of carbonyl (C=O) groups is 1. The molecule has 4 nitrogen and oxygen atoms in total. The summed E-state index contributed by atoms with van der Waals surface area (Å²) in [4.78, 5) is 11.9. The molecule has 3 fully saturated rings. The Hall–Kier alpha value is -0.750. The van der Waals surface area contributed by atoms with Crippen LogP contribution in [0.15, 0.2) is 0 Å². The van der Waals surface area contributed by atoms with Crippen molar-refractivity contribution >= 4 is 5.91 Å². The van der Waals surface area contributed by atoms with E-state index in [0.29, 0.717) is 25.9 Å². The molecule has 1 unspecified atom stereocenters. The van der Waals surface area contributed by atoms with Crippen LogP contribution in [0.2, 0.25) is 0 Å². The summed E-state index contributed by atoms with van der Waals surface area (Å²) in [7, 11) is 0. The van der Waals surface area contributed by atoms with Crippen LogP contribution in [-0.4, -0.2) is 40.8 Å². The van der Waals surface area contributed by atoms with E-state index in [9.17, 15) is 18.7 Å². The lowest BCUT2D eigenvalue weighted by Gasteiger charge is -2.43. The molecule has 0 aromatic rings. The first-order chi connectivity index (χ1) is 9.87. The first-order valence-electron chi connectivity index (χ1n) is 7.92. The third-order valence-corrected chi connectivity index (χ3v) is 5.39. The number of carbonyl (C=O) groups excluding carboxylic acids is 1. The van der Waals surface area contributed by atoms with Gasteiger partial charge < -0.3 is 15.2 Å². The molecule has 21 heavy (non-hydrogen) atoms. The zero-order chi connectivity index (χ0) is 15.1. The fourth-order valence-electron chi connectivity index (χ4n) is 3.83. The summed E-state index contributed by atoms with van der Waals surface area (Å²) in [6.07, 6.45) is 5.76. The Kier molecular flexibility index (Phi) is 3.72. The first kappa shape index (κ1) is 15.2. The molecule has 1 saturated heterocycles. The maximum atomic E-state index is 14.1. The summed E-state index contributed by atoms with van der Waals surface area (Å²) in [5, 5.41) is 12.3. The summed E-state index contributed by atoms with van der Waals surface area (Å²) in [5.74, 6) is -5.03. The molecule has 1 heterocycles. The van der Waals surface area contributed by atoms with Crippen LogP contribution in [0.4, 0.5) is 8.78 Å². The van der Waals surface area contributed by atoms with Crippen molar-refractivity contribution in [3.05, 3.63) is 0 Å². The SMILES string of the molecule is O=C(NC1CCOC2(CCCC2)C1)C(F)(F)C1(O)CCC1. The van der Waals surface area contributed by atoms with E-state index in [2.05, 4.69) is 5.32 Å². The highest BCUT2D eigenvalue weighted by Gasteiger charge is 2.61. The van der Waals surface area contributed by atoms with Crippen molar-refractivity contribution in [2.75, 3.05) is 6.61 Å². The van der Waals surface area contributed by atoms with Crippen LogP contribution in [0.3, 0.4) is 0 Å². The van der Waals surface area contributed by atoms with E-state index >= 15 is 0 Å². The Labute approximate surface area is 123 Å². The van der Waals surface area contributed by atoms with Crippen molar-refractivity contribution < 1.29 is 23.4 Å². The molecule has 3 aliphatic rings. The molecule has 6 heteroatoms. The summed E-state index contributed by atoms with van der Waals surface area (Å²) >= 11 is 0. The number of hydrogen-bond acceptors (Lipinski definition) is 3. The van der Waals surface area contributed by atoms with Crippen molar-refractivity contribution in [2.45, 2.75) is 81.0 Å². The average Bonchev–Trinajstić information content (AvgIpc) is 2.83. The van der Waals surface area contributed by atoms with Gasteiger partial charge >= 0.3 is 5.92 Å². The highest BCUT2D eigenvalue weighted by Crippen LogP contribution is 2.45. The van der Waals surface area contributed by atoms with Gasteiger partial charge in [0.25, 0.3) is 5.91 Å². The van der Waals surface area contributed by atoms with Gasteiger partial charge in [-0.2, -0.15) is 8.78 Å². The minimum Gasteiger partial charge on any atom is -0.383 e. The molecule has 0 radical (unpaired) electrons. The molecule has 2 saturated carbocycles. The third kappa shape index (κ3) is 2.57. The van der Waals surface area contributed by atoms with Gasteiger partial charge in [0, 0.05) is 12.6 Å². The Morgan fingerprint density at radius 2 is 1.86 bits per heavy atom. The standard InChI is InChI=1S/C15H23F2NO3/c16-15(17,14(20)7-3-8-14)12(19)18-11-4-9-21-13(10-11)5-1-2-6-13/h11,20H,1-10H2,(H,18,19). The zero-order valence-electron chi connectivity index (χ0n) is 12.2. The van der Waals surface area contributed by atoms with Crippen LogP contribution >= 0.6 is 0 Å². The lowest BCUT2D eigenvalue weighted by molar-refractivity contribution is -0.217. The van der Waals surface area contributed by atoms with Gasteiger partial charge in [-0.3, -0.25) is 4.79 Å². The Bertz CT molecular complexity index is 417. The predicted octanol–water partition coefficient (Wildman–Crippen LogP) is 2.14. The van der Waals surface area contributed by atoms with Gasteiger partial charge in [0.1, 0.15) is 5.60 Å². The highest BCUT2D eigenvalue weighted by molar-refractivity contribution is 5.85. The minimum absolute atomic E-state index is 0.00879. The van der Waals surface area contributed by atoms with E-state index in [1.807, 2.05) is 0 Å². The van der Waals surface area contributed by atoms with Crippen LogP contribution in [0.5, 0.6) is 0 Å². The fourth-order valence-corrected chi connectivity index (χ4v) is 3.83. The van der Waals surface area contributed by atoms with Crippen LogP contribution in [0, 0.1) is 0 Å². The Morgan fingerprint density at radius 1 is 1.19 bits per heavy atom. The van der Waals surface area contributed by atoms with Gasteiger partial charge in [-0.1, -0.05) is 12.8 Å². The van der Waals surface area contributed by atoms with Gasteiger partial charge in [0.05, 0.1) is 5.60 Å². The summed E-state index contributed by atoms with van der Waals surface area (Å²) in [6.45, 7) is 0.501. The monoisotopic (exact) mass is 303 g/mol. The van der Waals surface area contributed by atoms with Crippen molar-refractivity contribution in [3.63, 3.8) is 0 Å². The van der Waals surface area contributed by atoms with E-state index in [4.69, 9.17) is 4.74 Å². The maximum Gasteiger partial charge on any atom is 0.352 e. The zero-order valence-corrected chi connectivity index (χ0v) is 12.2. The third-order valence-electron chi connectivity index (χ3n) is 5.39. The smallest absolute Gasteiger partial charge is 0.352 e. The normalized spacial score (nSPS) is 30.9. The molecule has 0 bridgehead atoms.